The normalized spacial score (nSPS) is 19.6. The monoisotopic (exact) mass is 505 g/mol. The van der Waals surface area contributed by atoms with Crippen LogP contribution >= 0.6 is 0 Å². The van der Waals surface area contributed by atoms with Crippen LogP contribution in [0.1, 0.15) is 33.6 Å². The number of fused-ring (bicyclic) bond motifs is 1. The molecule has 1 saturated heterocycles. The van der Waals surface area contributed by atoms with Crippen LogP contribution in [0.4, 0.5) is 5.95 Å². The largest absolute Gasteiger partial charge is 0.485 e. The van der Waals surface area contributed by atoms with Crippen LogP contribution in [0.3, 0.4) is 0 Å². The number of hydrogen-bond acceptors (Lipinski definition) is 9. The topological polar surface area (TPSA) is 134 Å². The van der Waals surface area contributed by atoms with E-state index in [0.717, 1.165) is 12.1 Å². The van der Waals surface area contributed by atoms with Gasteiger partial charge in [-0.15, -0.1) is 5.10 Å². The number of rotatable bonds is 10. The Morgan fingerprint density at radius 1 is 1.34 bits per heavy atom. The van der Waals surface area contributed by atoms with Crippen molar-refractivity contribution in [2.75, 3.05) is 44.8 Å². The molecule has 4 heterocycles. The Labute approximate surface area is 206 Å². The minimum atomic E-state index is -3.26. The molecule has 0 saturated carbocycles. The molecule has 1 aliphatic heterocycles. The van der Waals surface area contributed by atoms with Gasteiger partial charge in [-0.3, -0.25) is 5.10 Å². The summed E-state index contributed by atoms with van der Waals surface area (Å²) in [7, 11) is 0.639. The van der Waals surface area contributed by atoms with E-state index in [1.165, 1.54) is 0 Å². The van der Waals surface area contributed by atoms with Gasteiger partial charge in [0, 0.05) is 30.9 Å². The Kier molecular flexibility index (Phi) is 7.57. The summed E-state index contributed by atoms with van der Waals surface area (Å²) in [4.78, 5) is 11.2. The fourth-order valence-electron chi connectivity index (χ4n) is 4.26. The summed E-state index contributed by atoms with van der Waals surface area (Å²) < 4.78 is 34.9. The predicted octanol–water partition coefficient (Wildman–Crippen LogP) is 1.71. The van der Waals surface area contributed by atoms with Crippen LogP contribution in [-0.4, -0.2) is 99.0 Å². The predicted molar refractivity (Wildman–Crippen MR) is 134 cm³/mol. The fourth-order valence-corrected chi connectivity index (χ4v) is 5.86. The summed E-state index contributed by atoms with van der Waals surface area (Å²) >= 11 is 0. The Bertz CT molecular complexity index is 1220. The highest BCUT2D eigenvalue weighted by molar-refractivity contribution is 7.89. The second-order valence-corrected chi connectivity index (χ2v) is 11.7. The van der Waals surface area contributed by atoms with Crippen molar-refractivity contribution in [3.05, 3.63) is 18.7 Å². The minimum Gasteiger partial charge on any atom is -0.485 e. The summed E-state index contributed by atoms with van der Waals surface area (Å²) in [5.74, 6) is 1.28. The van der Waals surface area contributed by atoms with Crippen LogP contribution in [0.15, 0.2) is 18.7 Å². The molecule has 192 valence electrons. The number of sulfonamides is 1. The molecule has 2 atom stereocenters. The zero-order valence-corrected chi connectivity index (χ0v) is 21.8. The van der Waals surface area contributed by atoms with Gasteiger partial charge in [0.15, 0.2) is 5.75 Å². The molecule has 3 aromatic heterocycles. The average molecular weight is 506 g/mol. The first-order valence-corrected chi connectivity index (χ1v) is 13.5. The van der Waals surface area contributed by atoms with Crippen molar-refractivity contribution in [3.63, 3.8) is 0 Å². The van der Waals surface area contributed by atoms with Gasteiger partial charge in [-0.25, -0.2) is 17.7 Å². The number of nitrogens with zero attached hydrogens (tertiary/aromatic N) is 7. The maximum Gasteiger partial charge on any atom is 0.243 e. The lowest BCUT2D eigenvalue weighted by Crippen LogP contribution is -2.48. The van der Waals surface area contributed by atoms with E-state index in [4.69, 9.17) is 9.72 Å². The SMILES string of the molecule is CC(C)Oc1c(-c2cn[nH]c2)ncn2nc(N[C@H]3CCN(S(=O)(=O)CCCN(C)C)C[C@H]3C)nc12. The Hall–Kier alpha value is -2.77. The molecule has 0 bridgehead atoms. The van der Waals surface area contributed by atoms with Crippen molar-refractivity contribution < 1.29 is 13.2 Å². The van der Waals surface area contributed by atoms with Crippen LogP contribution in [-0.2, 0) is 10.0 Å². The standard InChI is InChI=1S/C22H35N9O3S/c1-15(2)34-20-19(17-11-24-25-12-17)23-14-31-21(20)27-22(28-31)26-18-7-9-30(13-16(18)3)35(32,33)10-6-8-29(4)5/h11-12,14-16,18H,6-10,13H2,1-5H3,(H,24,25)(H,26,28)/t16-,18+/m1/s1. The number of nitrogens with one attached hydrogen (secondary N) is 2. The van der Waals surface area contributed by atoms with E-state index in [0.29, 0.717) is 49.0 Å². The molecule has 0 aromatic carbocycles. The Morgan fingerprint density at radius 2 is 2.14 bits per heavy atom. The van der Waals surface area contributed by atoms with E-state index in [-0.39, 0.29) is 23.8 Å². The van der Waals surface area contributed by atoms with Gasteiger partial charge < -0.3 is 15.0 Å². The number of anilines is 1. The van der Waals surface area contributed by atoms with Gasteiger partial charge >= 0.3 is 0 Å². The molecule has 0 unspecified atom stereocenters. The Morgan fingerprint density at radius 3 is 2.80 bits per heavy atom. The van der Waals surface area contributed by atoms with Crippen LogP contribution in [0.5, 0.6) is 5.75 Å². The molecule has 1 aliphatic rings. The van der Waals surface area contributed by atoms with Crippen molar-refractivity contribution >= 4 is 21.6 Å². The first-order valence-electron chi connectivity index (χ1n) is 11.9. The van der Waals surface area contributed by atoms with E-state index in [1.54, 1.807) is 27.5 Å². The third-order valence-corrected chi connectivity index (χ3v) is 7.98. The van der Waals surface area contributed by atoms with Gasteiger partial charge in [0.25, 0.3) is 0 Å². The number of aromatic nitrogens is 6. The molecule has 0 aliphatic carbocycles. The lowest BCUT2D eigenvalue weighted by Gasteiger charge is -2.36. The summed E-state index contributed by atoms with van der Waals surface area (Å²) in [5.41, 5.74) is 1.99. The molecule has 4 rings (SSSR count). The van der Waals surface area contributed by atoms with Gasteiger partial charge in [-0.05, 0) is 53.2 Å². The molecule has 3 aromatic rings. The highest BCUT2D eigenvalue weighted by Crippen LogP contribution is 2.32. The molecule has 2 N–H and O–H groups in total. The summed E-state index contributed by atoms with van der Waals surface area (Å²) in [5, 5.41) is 14.8. The van der Waals surface area contributed by atoms with Gasteiger partial charge in [0.05, 0.1) is 18.1 Å². The van der Waals surface area contributed by atoms with E-state index >= 15 is 0 Å². The molecular weight excluding hydrogens is 470 g/mol. The average Bonchev–Trinajstić information content (AvgIpc) is 3.44. The maximum atomic E-state index is 12.8. The second-order valence-electron chi connectivity index (χ2n) is 9.63. The highest BCUT2D eigenvalue weighted by atomic mass is 32.2. The first-order chi connectivity index (χ1) is 16.6. The van der Waals surface area contributed by atoms with Crippen molar-refractivity contribution in [2.24, 2.45) is 5.92 Å². The van der Waals surface area contributed by atoms with Gasteiger partial charge in [0.2, 0.25) is 21.6 Å². The van der Waals surface area contributed by atoms with Crippen molar-refractivity contribution in [3.8, 4) is 17.0 Å². The maximum absolute atomic E-state index is 12.8. The number of ether oxygens (including phenoxy) is 1. The molecular formula is C22H35N9O3S. The van der Waals surface area contributed by atoms with Crippen LogP contribution in [0.25, 0.3) is 16.9 Å². The molecule has 35 heavy (non-hydrogen) atoms. The fraction of sp³-hybridized carbons (Fsp3) is 0.636. The number of hydrogen-bond donors (Lipinski definition) is 2. The quantitative estimate of drug-likeness (QED) is 0.422. The molecule has 12 nitrogen and oxygen atoms in total. The summed E-state index contributed by atoms with van der Waals surface area (Å²) in [6.07, 6.45) is 6.28. The molecule has 13 heteroatoms. The highest BCUT2D eigenvalue weighted by Gasteiger charge is 2.33. The van der Waals surface area contributed by atoms with Gasteiger partial charge in [-0.2, -0.15) is 14.6 Å². The van der Waals surface area contributed by atoms with Crippen molar-refractivity contribution in [1.29, 1.82) is 0 Å². The van der Waals surface area contributed by atoms with E-state index < -0.39 is 10.0 Å². The van der Waals surface area contributed by atoms with Crippen LogP contribution < -0.4 is 10.1 Å². The molecule has 0 radical (unpaired) electrons. The minimum absolute atomic E-state index is 0.0522. The summed E-state index contributed by atoms with van der Waals surface area (Å²) in [6, 6.07) is 0.0522. The number of aromatic amines is 1. The van der Waals surface area contributed by atoms with E-state index in [1.807, 2.05) is 32.8 Å². The summed E-state index contributed by atoms with van der Waals surface area (Å²) in [6.45, 7) is 7.66. The van der Waals surface area contributed by atoms with E-state index in [9.17, 15) is 8.42 Å². The number of piperidine rings is 1. The van der Waals surface area contributed by atoms with Crippen LogP contribution in [0.2, 0.25) is 0 Å². The zero-order valence-electron chi connectivity index (χ0n) is 21.0. The lowest BCUT2D eigenvalue weighted by atomic mass is 9.95. The molecule has 0 amide bonds. The van der Waals surface area contributed by atoms with Crippen molar-refractivity contribution in [2.45, 2.75) is 45.8 Å². The smallest absolute Gasteiger partial charge is 0.243 e. The van der Waals surface area contributed by atoms with Crippen LogP contribution in [0, 0.1) is 5.92 Å². The van der Waals surface area contributed by atoms with E-state index in [2.05, 4.69) is 32.5 Å². The first kappa shape index (κ1) is 25.3. The number of H-pyrrole nitrogens is 1. The van der Waals surface area contributed by atoms with Crippen molar-refractivity contribution in [1.82, 2.24) is 39.0 Å². The Balaban J connectivity index is 1.48. The zero-order chi connectivity index (χ0) is 25.2. The third kappa shape index (κ3) is 5.90. The lowest BCUT2D eigenvalue weighted by molar-refractivity contribution is 0.244. The molecule has 0 spiro atoms. The second kappa shape index (κ2) is 10.5. The molecule has 1 fully saturated rings. The third-order valence-electron chi connectivity index (χ3n) is 6.05. The van der Waals surface area contributed by atoms with Gasteiger partial charge in [0.1, 0.15) is 12.0 Å². The van der Waals surface area contributed by atoms with Gasteiger partial charge in [-0.1, -0.05) is 6.92 Å².